The second-order valence-corrected chi connectivity index (χ2v) is 12.5. The van der Waals surface area contributed by atoms with E-state index in [1.807, 2.05) is 18.2 Å². The van der Waals surface area contributed by atoms with Gasteiger partial charge in [0.15, 0.2) is 12.0 Å². The Balaban J connectivity index is 1.10. The van der Waals surface area contributed by atoms with Gasteiger partial charge in [0, 0.05) is 55.1 Å². The number of anilines is 3. The number of aromatic nitrogens is 3. The maximum Gasteiger partial charge on any atom is 0.236 e. The molecular formula is C33H36FN9O3. The van der Waals surface area contributed by atoms with Crippen LogP contribution < -0.4 is 15.0 Å². The summed E-state index contributed by atoms with van der Waals surface area (Å²) in [7, 11) is 0. The number of piperidine rings is 1. The highest BCUT2D eigenvalue weighted by Gasteiger charge is 2.46. The number of ether oxygens (including phenoxy) is 2. The van der Waals surface area contributed by atoms with Crippen molar-refractivity contribution in [3.05, 3.63) is 54.4 Å². The first-order valence-electron chi connectivity index (χ1n) is 15.4. The molecule has 3 fully saturated rings. The van der Waals surface area contributed by atoms with Crippen LogP contribution in [0.25, 0.3) is 11.4 Å². The first kappa shape index (κ1) is 31.1. The minimum atomic E-state index is -1.50. The summed E-state index contributed by atoms with van der Waals surface area (Å²) in [6.45, 7) is 9.36. The number of alkyl halides is 1. The van der Waals surface area contributed by atoms with Crippen LogP contribution in [0.3, 0.4) is 0 Å². The third kappa shape index (κ3) is 6.71. The first-order chi connectivity index (χ1) is 22.2. The Kier molecular flexibility index (Phi) is 8.97. The highest BCUT2D eigenvalue weighted by molar-refractivity contribution is 5.78. The van der Waals surface area contributed by atoms with Gasteiger partial charge in [0.2, 0.25) is 11.9 Å². The molecule has 3 saturated heterocycles. The van der Waals surface area contributed by atoms with Gasteiger partial charge in [-0.25, -0.2) is 14.4 Å². The van der Waals surface area contributed by atoms with Crippen LogP contribution >= 0.6 is 0 Å². The number of carbonyl (C=O) groups is 1. The highest BCUT2D eigenvalue weighted by Crippen LogP contribution is 2.36. The summed E-state index contributed by atoms with van der Waals surface area (Å²) in [5.74, 6) is 0.536. The van der Waals surface area contributed by atoms with Crippen LogP contribution in [-0.4, -0.2) is 101 Å². The minimum absolute atomic E-state index is 0.175. The summed E-state index contributed by atoms with van der Waals surface area (Å²) in [6, 6.07) is 17.6. The lowest BCUT2D eigenvalue weighted by atomic mass is 9.80. The van der Waals surface area contributed by atoms with Gasteiger partial charge in [0.1, 0.15) is 30.7 Å². The zero-order chi connectivity index (χ0) is 32.3. The Morgan fingerprint density at radius 3 is 2.52 bits per heavy atom. The molecule has 3 aliphatic heterocycles. The van der Waals surface area contributed by atoms with Gasteiger partial charge in [-0.1, -0.05) is 13.8 Å². The van der Waals surface area contributed by atoms with E-state index in [0.29, 0.717) is 23.4 Å². The lowest BCUT2D eigenvalue weighted by Crippen LogP contribution is -2.58. The number of hydrogen-bond donors (Lipinski definition) is 1. The predicted octanol–water partition coefficient (Wildman–Crippen LogP) is 3.54. The molecule has 1 amide bonds. The summed E-state index contributed by atoms with van der Waals surface area (Å²) in [6.07, 6.45) is -1.30. The molecule has 12 nitrogen and oxygen atoms in total. The van der Waals surface area contributed by atoms with Crippen molar-refractivity contribution in [1.82, 2.24) is 24.8 Å². The molecule has 46 heavy (non-hydrogen) atoms. The second-order valence-electron chi connectivity index (χ2n) is 12.5. The number of nitriles is 2. The highest BCUT2D eigenvalue weighted by atomic mass is 19.1. The molecule has 238 valence electrons. The number of benzene rings is 2. The largest absolute Gasteiger partial charge is 0.485 e. The monoisotopic (exact) mass is 625 g/mol. The summed E-state index contributed by atoms with van der Waals surface area (Å²) in [5.41, 5.74) is 2.01. The molecule has 13 heteroatoms. The third-order valence-corrected chi connectivity index (χ3v) is 8.80. The molecule has 2 atom stereocenters. The molecule has 2 aromatic carbocycles. The third-order valence-electron chi connectivity index (χ3n) is 8.80. The van der Waals surface area contributed by atoms with Gasteiger partial charge in [-0.05, 0) is 42.5 Å². The van der Waals surface area contributed by atoms with Crippen molar-refractivity contribution in [1.29, 1.82) is 10.5 Å². The van der Waals surface area contributed by atoms with E-state index in [-0.39, 0.29) is 30.8 Å². The molecule has 0 aliphatic carbocycles. The fourth-order valence-electron chi connectivity index (χ4n) is 6.20. The van der Waals surface area contributed by atoms with Gasteiger partial charge in [-0.3, -0.25) is 9.69 Å². The van der Waals surface area contributed by atoms with E-state index in [4.69, 9.17) is 14.7 Å². The molecule has 2 unspecified atom stereocenters. The number of piperazine rings is 1. The van der Waals surface area contributed by atoms with E-state index >= 15 is 4.39 Å². The summed E-state index contributed by atoms with van der Waals surface area (Å²) >= 11 is 0. The Labute approximate surface area is 267 Å². The summed E-state index contributed by atoms with van der Waals surface area (Å²) < 4.78 is 26.8. The van der Waals surface area contributed by atoms with E-state index in [9.17, 15) is 10.1 Å². The molecule has 6 rings (SSSR count). The fourth-order valence-corrected chi connectivity index (χ4v) is 6.20. The Morgan fingerprint density at radius 1 is 1.11 bits per heavy atom. The molecular weight excluding hydrogens is 589 g/mol. The number of likely N-dealkylation sites (tertiary alicyclic amines) is 1. The SMILES string of the molecule is CC1(C)CN(C(=O)CC#N)CC(F)C1Oc1ccc(-c2ncnc(Nc3ccc(N4CCN(C5COC5)CC4)cc3)n2)cc1C#N. The van der Waals surface area contributed by atoms with Crippen molar-refractivity contribution in [3.8, 4) is 29.3 Å². The molecule has 4 heterocycles. The van der Waals surface area contributed by atoms with Crippen molar-refractivity contribution in [2.45, 2.75) is 38.6 Å². The topological polar surface area (TPSA) is 144 Å². The molecule has 1 aromatic heterocycles. The number of halogens is 1. The van der Waals surface area contributed by atoms with Crippen molar-refractivity contribution >= 4 is 23.2 Å². The van der Waals surface area contributed by atoms with E-state index in [1.165, 1.54) is 16.9 Å². The average Bonchev–Trinajstić information content (AvgIpc) is 3.03. The summed E-state index contributed by atoms with van der Waals surface area (Å²) in [5, 5.41) is 22.0. The van der Waals surface area contributed by atoms with Crippen LogP contribution in [0.5, 0.6) is 5.75 Å². The van der Waals surface area contributed by atoms with Gasteiger partial charge in [-0.2, -0.15) is 15.5 Å². The van der Waals surface area contributed by atoms with Gasteiger partial charge in [0.25, 0.3) is 0 Å². The van der Waals surface area contributed by atoms with Crippen molar-refractivity contribution in [2.75, 3.05) is 62.7 Å². The van der Waals surface area contributed by atoms with Gasteiger partial charge >= 0.3 is 0 Å². The standard InChI is InChI=1S/C33H36FN9O3/c1-33(2)20-43(29(44)9-10-35)17-27(34)30(33)46-28-8-3-22(15-23(28)16-36)31-37-21-38-32(40-31)39-24-4-6-25(7-5-24)41-11-13-42(14-12-41)26-18-45-19-26/h3-8,15,21,26-27,30H,9,11-14,17-20H2,1-2H3,(H,37,38,39,40). The second kappa shape index (κ2) is 13.3. The zero-order valence-electron chi connectivity index (χ0n) is 25.9. The maximum atomic E-state index is 15.3. The van der Waals surface area contributed by atoms with Crippen molar-refractivity contribution < 1.29 is 18.7 Å². The van der Waals surface area contributed by atoms with Gasteiger partial charge < -0.3 is 24.6 Å². The van der Waals surface area contributed by atoms with Crippen molar-refractivity contribution in [2.24, 2.45) is 5.41 Å². The number of rotatable bonds is 8. The van der Waals surface area contributed by atoms with Crippen LogP contribution in [0.15, 0.2) is 48.8 Å². The number of carbonyl (C=O) groups excluding carboxylic acids is 1. The van der Waals surface area contributed by atoms with E-state index in [2.05, 4.69) is 48.3 Å². The van der Waals surface area contributed by atoms with Crippen molar-refractivity contribution in [3.63, 3.8) is 0 Å². The summed E-state index contributed by atoms with van der Waals surface area (Å²) in [4.78, 5) is 31.6. The molecule has 3 aromatic rings. The average molecular weight is 626 g/mol. The quantitative estimate of drug-likeness (QED) is 0.393. The smallest absolute Gasteiger partial charge is 0.236 e. The zero-order valence-corrected chi connectivity index (χ0v) is 25.9. The number of nitrogens with one attached hydrogen (secondary N) is 1. The number of nitrogens with zero attached hydrogens (tertiary/aromatic N) is 8. The Hall–Kier alpha value is -4.85. The van der Waals surface area contributed by atoms with E-state index in [1.54, 1.807) is 32.0 Å². The maximum absolute atomic E-state index is 15.3. The lowest BCUT2D eigenvalue weighted by Gasteiger charge is -2.45. The van der Waals surface area contributed by atoms with Crippen LogP contribution in [0, 0.1) is 28.1 Å². The van der Waals surface area contributed by atoms with Gasteiger partial charge in [-0.15, -0.1) is 0 Å². The molecule has 1 N–H and O–H groups in total. The van der Waals surface area contributed by atoms with Crippen LogP contribution in [0.2, 0.25) is 0 Å². The minimum Gasteiger partial charge on any atom is -0.485 e. The Bertz CT molecular complexity index is 1640. The van der Waals surface area contributed by atoms with E-state index in [0.717, 1.165) is 45.1 Å². The van der Waals surface area contributed by atoms with Gasteiger partial charge in [0.05, 0.1) is 37.4 Å². The molecule has 3 aliphatic rings. The van der Waals surface area contributed by atoms with Crippen LogP contribution in [0.1, 0.15) is 25.8 Å². The van der Waals surface area contributed by atoms with Crippen LogP contribution in [-0.2, 0) is 9.53 Å². The molecule has 0 spiro atoms. The molecule has 0 bridgehead atoms. The molecule has 0 saturated carbocycles. The molecule has 0 radical (unpaired) electrons. The fraction of sp³-hybridized carbons (Fsp3) is 0.455. The van der Waals surface area contributed by atoms with E-state index < -0.39 is 23.6 Å². The Morgan fingerprint density at radius 2 is 1.87 bits per heavy atom. The first-order valence-corrected chi connectivity index (χ1v) is 15.4. The lowest BCUT2D eigenvalue weighted by molar-refractivity contribution is -0.140. The predicted molar refractivity (Wildman–Crippen MR) is 168 cm³/mol. The number of amides is 1. The van der Waals surface area contributed by atoms with Crippen LogP contribution in [0.4, 0.5) is 21.7 Å². The normalized spacial score (nSPS) is 21.5. The number of hydrogen-bond acceptors (Lipinski definition) is 11.